The number of para-hydroxylation sites is 1. The van der Waals surface area contributed by atoms with Crippen LogP contribution in [0.3, 0.4) is 0 Å². The summed E-state index contributed by atoms with van der Waals surface area (Å²) in [6.07, 6.45) is 0.485. The molecule has 1 saturated heterocycles. The summed E-state index contributed by atoms with van der Waals surface area (Å²) in [5.41, 5.74) is 1.50. The second-order valence-corrected chi connectivity index (χ2v) is 11.2. The summed E-state index contributed by atoms with van der Waals surface area (Å²) >= 11 is 0. The van der Waals surface area contributed by atoms with Crippen LogP contribution in [0.2, 0.25) is 0 Å². The van der Waals surface area contributed by atoms with Gasteiger partial charge in [-0.15, -0.1) is 0 Å². The minimum absolute atomic E-state index is 0.0488. The number of hydrogen-bond acceptors (Lipinski definition) is 7. The average Bonchev–Trinajstić information content (AvgIpc) is 3.39. The van der Waals surface area contributed by atoms with Crippen molar-refractivity contribution in [3.05, 3.63) is 66.4 Å². The van der Waals surface area contributed by atoms with Gasteiger partial charge in [0.1, 0.15) is 24.7 Å². The van der Waals surface area contributed by atoms with Crippen LogP contribution in [-0.2, 0) is 36.9 Å². The molecule has 2 aromatic carbocycles. The molecule has 44 heavy (non-hydrogen) atoms. The number of nitrogens with zero attached hydrogens (tertiary/aromatic N) is 3. The van der Waals surface area contributed by atoms with Gasteiger partial charge in [0.15, 0.2) is 0 Å². The summed E-state index contributed by atoms with van der Waals surface area (Å²) in [7, 11) is 0. The summed E-state index contributed by atoms with van der Waals surface area (Å²) < 4.78 is 1.53. The topological polar surface area (TPSA) is 175 Å². The standard InChI is InChI=1S/C31H39N7O6/c1-19(2)27-31(44)34-23(15-21-9-5-4-6-10-21)29(42)36-28(20(3)39)30(43)32-13-14-37(17-25(40)35-27)26(41)18-38-24-12-8-7-11-22(24)16-33-38/h4-12,16,19-20,23,27-28,39H,13-15,17-18H2,1-3H3,(H,32,43)(H,34,44)(H,35,40)(H,36,42)/t20-,23+,27-,28+/m1/s1. The molecule has 1 fully saturated rings. The van der Waals surface area contributed by atoms with Crippen molar-refractivity contribution in [2.24, 2.45) is 5.92 Å². The lowest BCUT2D eigenvalue weighted by Crippen LogP contribution is -2.60. The van der Waals surface area contributed by atoms with E-state index in [1.807, 2.05) is 30.3 Å². The number of carbonyl (C=O) groups is 5. The zero-order valence-corrected chi connectivity index (χ0v) is 25.0. The zero-order chi connectivity index (χ0) is 31.8. The molecule has 5 N–H and O–H groups in total. The summed E-state index contributed by atoms with van der Waals surface area (Å²) in [4.78, 5) is 68.0. The van der Waals surface area contributed by atoms with Crippen LogP contribution in [0.15, 0.2) is 60.8 Å². The molecule has 0 unspecified atom stereocenters. The van der Waals surface area contributed by atoms with Gasteiger partial charge in [0, 0.05) is 24.9 Å². The van der Waals surface area contributed by atoms with Crippen LogP contribution < -0.4 is 21.3 Å². The lowest BCUT2D eigenvalue weighted by Gasteiger charge is -2.27. The lowest BCUT2D eigenvalue weighted by atomic mass is 10.0. The predicted octanol–water partition coefficient (Wildman–Crippen LogP) is -0.271. The first-order chi connectivity index (χ1) is 21.0. The maximum absolute atomic E-state index is 13.5. The van der Waals surface area contributed by atoms with Crippen LogP contribution in [0, 0.1) is 5.92 Å². The van der Waals surface area contributed by atoms with E-state index < -0.39 is 53.8 Å². The summed E-state index contributed by atoms with van der Waals surface area (Å²) in [5, 5.41) is 26.2. The third kappa shape index (κ3) is 8.19. The van der Waals surface area contributed by atoms with Gasteiger partial charge < -0.3 is 31.3 Å². The second kappa shape index (κ2) is 14.6. The molecule has 1 aromatic heterocycles. The van der Waals surface area contributed by atoms with Crippen molar-refractivity contribution >= 4 is 40.4 Å². The minimum atomic E-state index is -1.33. The number of aromatic nitrogens is 2. The minimum Gasteiger partial charge on any atom is -0.391 e. The molecule has 0 saturated carbocycles. The Kier molecular flexibility index (Phi) is 10.7. The average molecular weight is 606 g/mol. The van der Waals surface area contributed by atoms with E-state index in [1.54, 1.807) is 44.3 Å². The first-order valence-corrected chi connectivity index (χ1v) is 14.6. The number of hydrogen-bond donors (Lipinski definition) is 5. The fraction of sp³-hybridized carbons (Fsp3) is 0.419. The largest absolute Gasteiger partial charge is 0.391 e. The van der Waals surface area contributed by atoms with E-state index in [2.05, 4.69) is 26.4 Å². The van der Waals surface area contributed by atoms with E-state index in [9.17, 15) is 29.1 Å². The molecular weight excluding hydrogens is 566 g/mol. The van der Waals surface area contributed by atoms with Crippen molar-refractivity contribution in [1.82, 2.24) is 35.9 Å². The monoisotopic (exact) mass is 605 g/mol. The highest BCUT2D eigenvalue weighted by Gasteiger charge is 2.33. The smallest absolute Gasteiger partial charge is 0.245 e. The lowest BCUT2D eigenvalue weighted by molar-refractivity contribution is -0.138. The van der Waals surface area contributed by atoms with Gasteiger partial charge in [0.25, 0.3) is 0 Å². The van der Waals surface area contributed by atoms with Gasteiger partial charge in [0.2, 0.25) is 29.5 Å². The highest BCUT2D eigenvalue weighted by Crippen LogP contribution is 2.13. The first-order valence-electron chi connectivity index (χ1n) is 14.6. The van der Waals surface area contributed by atoms with Crippen molar-refractivity contribution in [3.8, 4) is 0 Å². The number of benzene rings is 2. The highest BCUT2D eigenvalue weighted by atomic mass is 16.3. The van der Waals surface area contributed by atoms with Gasteiger partial charge in [-0.3, -0.25) is 28.7 Å². The van der Waals surface area contributed by atoms with E-state index in [1.165, 1.54) is 16.5 Å². The van der Waals surface area contributed by atoms with Gasteiger partial charge in [-0.05, 0) is 24.5 Å². The Bertz CT molecular complexity index is 1490. The Balaban J connectivity index is 1.60. The molecule has 4 atom stereocenters. The molecule has 1 aliphatic rings. The maximum atomic E-state index is 13.5. The van der Waals surface area contributed by atoms with Crippen LogP contribution in [0.4, 0.5) is 0 Å². The number of carbonyl (C=O) groups excluding carboxylic acids is 5. The number of rotatable bonds is 6. The molecule has 234 valence electrons. The molecule has 13 heteroatoms. The molecule has 0 spiro atoms. The molecule has 1 aliphatic heterocycles. The van der Waals surface area contributed by atoms with Crippen LogP contribution in [0.5, 0.6) is 0 Å². The molecule has 2 heterocycles. The summed E-state index contributed by atoms with van der Waals surface area (Å²) in [6.45, 7) is 4.23. The Morgan fingerprint density at radius 3 is 2.32 bits per heavy atom. The zero-order valence-electron chi connectivity index (χ0n) is 25.0. The van der Waals surface area contributed by atoms with Gasteiger partial charge in [-0.2, -0.15) is 5.10 Å². The molecular formula is C31H39N7O6. The van der Waals surface area contributed by atoms with E-state index in [0.717, 1.165) is 16.5 Å². The van der Waals surface area contributed by atoms with Gasteiger partial charge in [-0.1, -0.05) is 62.4 Å². The number of nitrogens with one attached hydrogen (secondary N) is 4. The van der Waals surface area contributed by atoms with Crippen LogP contribution >= 0.6 is 0 Å². The van der Waals surface area contributed by atoms with Crippen LogP contribution in [0.25, 0.3) is 10.9 Å². The Morgan fingerprint density at radius 1 is 0.909 bits per heavy atom. The molecule has 4 rings (SSSR count). The number of aliphatic hydroxyl groups excluding tert-OH is 1. The highest BCUT2D eigenvalue weighted by molar-refractivity contribution is 5.95. The van der Waals surface area contributed by atoms with Crippen LogP contribution in [-0.4, -0.2) is 93.2 Å². The molecule has 0 aliphatic carbocycles. The molecule has 0 bridgehead atoms. The summed E-state index contributed by atoms with van der Waals surface area (Å²) in [5.74, 6) is -3.31. The van der Waals surface area contributed by atoms with E-state index in [0.29, 0.717) is 0 Å². The molecule has 0 radical (unpaired) electrons. The maximum Gasteiger partial charge on any atom is 0.245 e. The van der Waals surface area contributed by atoms with Gasteiger partial charge >= 0.3 is 0 Å². The van der Waals surface area contributed by atoms with Crippen LogP contribution in [0.1, 0.15) is 26.3 Å². The predicted molar refractivity (Wildman–Crippen MR) is 162 cm³/mol. The molecule has 3 aromatic rings. The first kappa shape index (κ1) is 32.1. The van der Waals surface area contributed by atoms with Crippen molar-refractivity contribution in [1.29, 1.82) is 0 Å². The van der Waals surface area contributed by atoms with Crippen molar-refractivity contribution in [2.75, 3.05) is 19.6 Å². The Hall–Kier alpha value is -4.78. The Morgan fingerprint density at radius 2 is 1.61 bits per heavy atom. The third-order valence-electron chi connectivity index (χ3n) is 7.45. The number of aliphatic hydroxyl groups is 1. The third-order valence-corrected chi connectivity index (χ3v) is 7.45. The fourth-order valence-electron chi connectivity index (χ4n) is 5.00. The quantitative estimate of drug-likeness (QED) is 0.257. The van der Waals surface area contributed by atoms with E-state index >= 15 is 0 Å². The Labute approximate surface area is 255 Å². The fourth-order valence-corrected chi connectivity index (χ4v) is 5.00. The molecule has 13 nitrogen and oxygen atoms in total. The van der Waals surface area contributed by atoms with E-state index in [-0.39, 0.29) is 38.5 Å². The summed E-state index contributed by atoms with van der Waals surface area (Å²) in [6, 6.07) is 13.0. The van der Waals surface area contributed by atoms with E-state index in [4.69, 9.17) is 0 Å². The van der Waals surface area contributed by atoms with Gasteiger partial charge in [-0.25, -0.2) is 0 Å². The number of amides is 5. The normalized spacial score (nSPS) is 21.5. The van der Waals surface area contributed by atoms with Crippen molar-refractivity contribution in [3.63, 3.8) is 0 Å². The second-order valence-electron chi connectivity index (χ2n) is 11.2. The van der Waals surface area contributed by atoms with Gasteiger partial charge in [0.05, 0.1) is 24.4 Å². The van der Waals surface area contributed by atoms with Crippen molar-refractivity contribution < 1.29 is 29.1 Å². The molecule has 5 amide bonds. The number of fused-ring (bicyclic) bond motifs is 1. The SMILES string of the molecule is CC(C)[C@H]1NC(=O)CN(C(=O)Cn2ncc3ccccc32)CCNC(=O)[C@H]([C@@H](C)O)NC(=O)[C@H](Cc2ccccc2)NC1=O. The van der Waals surface area contributed by atoms with Crippen molar-refractivity contribution in [2.45, 2.75) is 58.0 Å².